The topological polar surface area (TPSA) is 55.8 Å². The summed E-state index contributed by atoms with van der Waals surface area (Å²) in [5, 5.41) is 7.60. The molecule has 0 aromatic rings. The van der Waals surface area contributed by atoms with Gasteiger partial charge in [0.15, 0.2) is 5.79 Å². The van der Waals surface area contributed by atoms with E-state index in [4.69, 9.17) is 14.6 Å². The normalized spacial score (nSPS) is 18.6. The first kappa shape index (κ1) is 13.1. The van der Waals surface area contributed by atoms with E-state index in [2.05, 4.69) is 20.4 Å². The maximum atomic E-state index is 9.25. The highest BCUT2D eigenvalue weighted by Gasteiger charge is 2.33. The number of ether oxygens (including phenoxy) is 2. The average Bonchev–Trinajstić information content (AvgIpc) is 2.54. The van der Waals surface area contributed by atoms with Gasteiger partial charge in [-0.1, -0.05) is 20.4 Å². The van der Waals surface area contributed by atoms with E-state index in [0.717, 1.165) is 19.3 Å². The zero-order chi connectivity index (χ0) is 11.2. The molecular weight excluding hydrogens is 184 g/mol. The van der Waals surface area contributed by atoms with E-state index in [-0.39, 0.29) is 5.79 Å². The first-order valence-electron chi connectivity index (χ1n) is 4.55. The summed E-state index contributed by atoms with van der Waals surface area (Å²) in [6.07, 6.45) is 0.833. The van der Waals surface area contributed by atoms with Crippen LogP contribution in [0, 0.1) is 5.92 Å². The van der Waals surface area contributed by atoms with Crippen LogP contribution < -0.4 is 0 Å². The SMILES string of the molecule is C=CC(=O)O.CC(C)C1(C)OCCO1. The lowest BCUT2D eigenvalue weighted by molar-refractivity contribution is -0.172. The number of carboxylic acid groups (broad SMARTS) is 1. The molecule has 1 aliphatic rings. The maximum absolute atomic E-state index is 9.25. The fourth-order valence-corrected chi connectivity index (χ4v) is 0.864. The van der Waals surface area contributed by atoms with Gasteiger partial charge in [-0.3, -0.25) is 0 Å². The van der Waals surface area contributed by atoms with Crippen molar-refractivity contribution in [2.45, 2.75) is 26.6 Å². The summed E-state index contributed by atoms with van der Waals surface area (Å²) in [7, 11) is 0. The largest absolute Gasteiger partial charge is 0.478 e. The van der Waals surface area contributed by atoms with Crippen LogP contribution >= 0.6 is 0 Å². The van der Waals surface area contributed by atoms with Crippen LogP contribution in [0.2, 0.25) is 0 Å². The molecule has 0 saturated carbocycles. The zero-order valence-electron chi connectivity index (χ0n) is 8.95. The fourth-order valence-electron chi connectivity index (χ4n) is 0.864. The van der Waals surface area contributed by atoms with Crippen LogP contribution in [0.25, 0.3) is 0 Å². The predicted molar refractivity (Wildman–Crippen MR) is 53.0 cm³/mol. The second kappa shape index (κ2) is 5.78. The van der Waals surface area contributed by atoms with Crippen molar-refractivity contribution in [1.29, 1.82) is 0 Å². The van der Waals surface area contributed by atoms with Gasteiger partial charge in [0.2, 0.25) is 0 Å². The predicted octanol–water partition coefficient (Wildman–Crippen LogP) is 1.66. The molecule has 0 atom stereocenters. The molecule has 1 N–H and O–H groups in total. The molecule has 1 fully saturated rings. The monoisotopic (exact) mass is 202 g/mol. The van der Waals surface area contributed by atoms with E-state index < -0.39 is 5.97 Å². The lowest BCUT2D eigenvalue weighted by atomic mass is 10.1. The van der Waals surface area contributed by atoms with E-state index in [9.17, 15) is 4.79 Å². The van der Waals surface area contributed by atoms with E-state index in [1.165, 1.54) is 0 Å². The van der Waals surface area contributed by atoms with Crippen LogP contribution in [-0.2, 0) is 14.3 Å². The van der Waals surface area contributed by atoms with E-state index in [1.807, 2.05) is 6.92 Å². The second-order valence-corrected chi connectivity index (χ2v) is 3.41. The van der Waals surface area contributed by atoms with Crippen LogP contribution in [0.15, 0.2) is 12.7 Å². The van der Waals surface area contributed by atoms with Gasteiger partial charge in [-0.25, -0.2) is 4.79 Å². The summed E-state index contributed by atoms with van der Waals surface area (Å²) in [4.78, 5) is 9.25. The molecule has 1 aliphatic heterocycles. The average molecular weight is 202 g/mol. The van der Waals surface area contributed by atoms with Crippen LogP contribution in [0.5, 0.6) is 0 Å². The molecule has 0 aromatic carbocycles. The van der Waals surface area contributed by atoms with E-state index >= 15 is 0 Å². The number of rotatable bonds is 2. The summed E-state index contributed by atoms with van der Waals surface area (Å²) in [6, 6.07) is 0. The Balaban J connectivity index is 0.000000292. The van der Waals surface area contributed by atoms with Gasteiger partial charge in [-0.05, 0) is 6.92 Å². The number of hydrogen-bond acceptors (Lipinski definition) is 3. The molecule has 0 aromatic heterocycles. The first-order valence-corrected chi connectivity index (χ1v) is 4.55. The third-order valence-corrected chi connectivity index (χ3v) is 2.08. The number of carboxylic acids is 1. The Morgan fingerprint density at radius 2 is 1.86 bits per heavy atom. The van der Waals surface area contributed by atoms with Crippen molar-refractivity contribution < 1.29 is 19.4 Å². The molecule has 0 unspecified atom stereocenters. The lowest BCUT2D eigenvalue weighted by Crippen LogP contribution is -2.31. The van der Waals surface area contributed by atoms with Crippen molar-refractivity contribution in [2.75, 3.05) is 13.2 Å². The van der Waals surface area contributed by atoms with Crippen LogP contribution in [-0.4, -0.2) is 30.1 Å². The quantitative estimate of drug-likeness (QED) is 0.692. The molecule has 14 heavy (non-hydrogen) atoms. The summed E-state index contributed by atoms with van der Waals surface area (Å²) >= 11 is 0. The Hall–Kier alpha value is -0.870. The highest BCUT2D eigenvalue weighted by molar-refractivity contribution is 5.78. The highest BCUT2D eigenvalue weighted by Crippen LogP contribution is 2.26. The molecule has 0 bridgehead atoms. The Kier molecular flexibility index (Phi) is 5.42. The third-order valence-electron chi connectivity index (χ3n) is 2.08. The summed E-state index contributed by atoms with van der Waals surface area (Å²) in [5.74, 6) is -0.843. The van der Waals surface area contributed by atoms with Gasteiger partial charge in [0, 0.05) is 12.0 Å². The van der Waals surface area contributed by atoms with Crippen LogP contribution in [0.4, 0.5) is 0 Å². The smallest absolute Gasteiger partial charge is 0.327 e. The van der Waals surface area contributed by atoms with E-state index in [0.29, 0.717) is 5.92 Å². The van der Waals surface area contributed by atoms with Crippen molar-refractivity contribution in [2.24, 2.45) is 5.92 Å². The number of aliphatic carboxylic acids is 1. The van der Waals surface area contributed by atoms with Gasteiger partial charge in [0.05, 0.1) is 13.2 Å². The number of carbonyl (C=O) groups is 1. The Bertz CT molecular complexity index is 192. The minimum Gasteiger partial charge on any atom is -0.478 e. The van der Waals surface area contributed by atoms with Crippen LogP contribution in [0.3, 0.4) is 0 Å². The van der Waals surface area contributed by atoms with Gasteiger partial charge in [0.1, 0.15) is 0 Å². The van der Waals surface area contributed by atoms with E-state index in [1.54, 1.807) is 0 Å². The molecule has 1 rings (SSSR count). The van der Waals surface area contributed by atoms with Gasteiger partial charge < -0.3 is 14.6 Å². The Labute approximate surface area is 84.5 Å². The highest BCUT2D eigenvalue weighted by atomic mass is 16.7. The van der Waals surface area contributed by atoms with Crippen molar-refractivity contribution >= 4 is 5.97 Å². The lowest BCUT2D eigenvalue weighted by Gasteiger charge is -2.26. The van der Waals surface area contributed by atoms with Crippen molar-refractivity contribution in [3.05, 3.63) is 12.7 Å². The van der Waals surface area contributed by atoms with Crippen LogP contribution in [0.1, 0.15) is 20.8 Å². The molecule has 4 nitrogen and oxygen atoms in total. The molecule has 0 radical (unpaired) electrons. The minimum atomic E-state index is -0.981. The summed E-state index contributed by atoms with van der Waals surface area (Å²) in [6.45, 7) is 10.6. The standard InChI is InChI=1S/C7H14O2.C3H4O2/c1-6(2)7(3)8-4-5-9-7;1-2-3(4)5/h6H,4-5H2,1-3H3;2H,1H2,(H,4,5). The molecule has 4 heteroatoms. The molecule has 0 aliphatic carbocycles. The molecule has 0 amide bonds. The second-order valence-electron chi connectivity index (χ2n) is 3.41. The van der Waals surface area contributed by atoms with Gasteiger partial charge in [-0.15, -0.1) is 0 Å². The van der Waals surface area contributed by atoms with Gasteiger partial charge in [-0.2, -0.15) is 0 Å². The third kappa shape index (κ3) is 4.39. The Morgan fingerprint density at radius 3 is 2.00 bits per heavy atom. The summed E-state index contributed by atoms with van der Waals surface area (Å²) in [5.41, 5.74) is 0. The molecule has 1 heterocycles. The first-order chi connectivity index (χ1) is 6.42. The molecule has 0 spiro atoms. The van der Waals surface area contributed by atoms with Gasteiger partial charge in [0.25, 0.3) is 0 Å². The van der Waals surface area contributed by atoms with Crippen molar-refractivity contribution in [3.8, 4) is 0 Å². The maximum Gasteiger partial charge on any atom is 0.327 e. The molecule has 82 valence electrons. The summed E-state index contributed by atoms with van der Waals surface area (Å²) < 4.78 is 10.8. The zero-order valence-corrected chi connectivity index (χ0v) is 8.95. The Morgan fingerprint density at radius 1 is 1.50 bits per heavy atom. The molecule has 1 saturated heterocycles. The minimum absolute atomic E-state index is 0.306. The molecular formula is C10H18O4. The van der Waals surface area contributed by atoms with Crippen molar-refractivity contribution in [1.82, 2.24) is 0 Å². The fraction of sp³-hybridized carbons (Fsp3) is 0.700. The van der Waals surface area contributed by atoms with Crippen molar-refractivity contribution in [3.63, 3.8) is 0 Å². The van der Waals surface area contributed by atoms with Gasteiger partial charge >= 0.3 is 5.97 Å². The number of hydrogen-bond donors (Lipinski definition) is 1.